The molecule has 4 rings (SSSR count). The van der Waals surface area contributed by atoms with E-state index in [9.17, 15) is 0 Å². The van der Waals surface area contributed by atoms with E-state index in [1.54, 1.807) is 33.4 Å². The van der Waals surface area contributed by atoms with Crippen LogP contribution in [0.4, 0.5) is 0 Å². The van der Waals surface area contributed by atoms with Crippen LogP contribution in [0.5, 0.6) is 0 Å². The Morgan fingerprint density at radius 2 is 1.00 bits per heavy atom. The topological polar surface area (TPSA) is 0 Å². The van der Waals surface area contributed by atoms with Gasteiger partial charge in [0.1, 0.15) is 0 Å². The van der Waals surface area contributed by atoms with E-state index in [-0.39, 0.29) is 0 Å². The quantitative estimate of drug-likeness (QED) is 0.518. The SMILES string of the molecule is CC(C)=C1[C@H]2C(=C(C)C)[C@@H]3C[C@H]2C(=C(C)C)[C@H]13. The lowest BCUT2D eigenvalue weighted by Crippen LogP contribution is -2.08. The summed E-state index contributed by atoms with van der Waals surface area (Å²) in [4.78, 5) is 0. The van der Waals surface area contributed by atoms with Crippen LogP contribution >= 0.6 is 0 Å². The van der Waals surface area contributed by atoms with Crippen LogP contribution in [0.25, 0.3) is 0 Å². The molecule has 17 heavy (non-hydrogen) atoms. The highest BCUT2D eigenvalue weighted by atomic mass is 14.7. The first-order chi connectivity index (χ1) is 7.95. The molecular formula is C17H24. The van der Waals surface area contributed by atoms with Gasteiger partial charge in [0.2, 0.25) is 0 Å². The number of hydrogen-bond acceptors (Lipinski definition) is 0. The minimum atomic E-state index is 0.796. The molecule has 0 aromatic carbocycles. The Balaban J connectivity index is 2.23. The molecule has 0 aliphatic heterocycles. The summed E-state index contributed by atoms with van der Waals surface area (Å²) in [5.74, 6) is 3.32. The van der Waals surface area contributed by atoms with Crippen molar-refractivity contribution in [2.75, 3.05) is 0 Å². The molecule has 0 heterocycles. The lowest BCUT2D eigenvalue weighted by Gasteiger charge is -2.18. The fraction of sp³-hybridized carbons (Fsp3) is 0.647. The first-order valence-corrected chi connectivity index (χ1v) is 6.97. The van der Waals surface area contributed by atoms with E-state index >= 15 is 0 Å². The van der Waals surface area contributed by atoms with Crippen LogP contribution in [0.15, 0.2) is 33.4 Å². The number of rotatable bonds is 0. The van der Waals surface area contributed by atoms with Crippen molar-refractivity contribution in [2.45, 2.75) is 48.0 Å². The summed E-state index contributed by atoms with van der Waals surface area (Å²) in [5.41, 5.74) is 10.2. The van der Waals surface area contributed by atoms with Crippen LogP contribution in [-0.4, -0.2) is 0 Å². The molecule has 4 atom stereocenters. The predicted molar refractivity (Wildman–Crippen MR) is 73.7 cm³/mol. The second-order valence-corrected chi connectivity index (χ2v) is 6.77. The van der Waals surface area contributed by atoms with E-state index in [4.69, 9.17) is 0 Å². The molecule has 0 aromatic rings. The molecule has 0 N–H and O–H groups in total. The minimum Gasteiger partial charge on any atom is -0.0763 e. The zero-order valence-corrected chi connectivity index (χ0v) is 12.0. The van der Waals surface area contributed by atoms with Gasteiger partial charge in [0.05, 0.1) is 0 Å². The van der Waals surface area contributed by atoms with E-state index in [2.05, 4.69) is 41.5 Å². The summed E-state index contributed by atoms with van der Waals surface area (Å²) in [6.07, 6.45) is 1.44. The Morgan fingerprint density at radius 1 is 0.647 bits per heavy atom. The molecule has 4 aliphatic carbocycles. The normalized spacial score (nSPS) is 37.4. The van der Waals surface area contributed by atoms with Crippen LogP contribution in [0.1, 0.15) is 48.0 Å². The maximum atomic E-state index is 2.32. The Bertz CT molecular complexity index is 434. The van der Waals surface area contributed by atoms with Gasteiger partial charge in [-0.1, -0.05) is 33.4 Å². The molecule has 4 bridgehead atoms. The fourth-order valence-electron chi connectivity index (χ4n) is 5.00. The predicted octanol–water partition coefficient (Wildman–Crippen LogP) is 4.89. The zero-order valence-electron chi connectivity index (χ0n) is 12.0. The molecule has 0 radical (unpaired) electrons. The van der Waals surface area contributed by atoms with Gasteiger partial charge < -0.3 is 0 Å². The first kappa shape index (κ1) is 11.3. The number of hydrogen-bond donors (Lipinski definition) is 0. The minimum absolute atomic E-state index is 0.796. The highest BCUT2D eigenvalue weighted by molar-refractivity contribution is 5.57. The van der Waals surface area contributed by atoms with Gasteiger partial charge in [-0.3, -0.25) is 0 Å². The molecular weight excluding hydrogens is 204 g/mol. The maximum absolute atomic E-state index is 2.32. The Hall–Kier alpha value is -0.780. The third-order valence-electron chi connectivity index (χ3n) is 5.18. The van der Waals surface area contributed by atoms with Crippen molar-refractivity contribution in [3.8, 4) is 0 Å². The van der Waals surface area contributed by atoms with Crippen molar-refractivity contribution in [2.24, 2.45) is 23.7 Å². The van der Waals surface area contributed by atoms with Crippen molar-refractivity contribution >= 4 is 0 Å². The Labute approximate surface area is 105 Å². The Morgan fingerprint density at radius 3 is 1.29 bits per heavy atom. The summed E-state index contributed by atoms with van der Waals surface area (Å²) < 4.78 is 0. The average molecular weight is 228 g/mol. The maximum Gasteiger partial charge on any atom is 0.00873 e. The summed E-state index contributed by atoms with van der Waals surface area (Å²) in [6, 6.07) is 0. The van der Waals surface area contributed by atoms with Crippen LogP contribution in [0, 0.1) is 23.7 Å². The first-order valence-electron chi connectivity index (χ1n) is 6.97. The molecule has 0 spiro atoms. The van der Waals surface area contributed by atoms with E-state index in [1.807, 2.05) is 0 Å². The van der Waals surface area contributed by atoms with E-state index < -0.39 is 0 Å². The van der Waals surface area contributed by atoms with Crippen molar-refractivity contribution in [3.05, 3.63) is 33.4 Å². The van der Waals surface area contributed by atoms with Gasteiger partial charge in [0, 0.05) is 11.8 Å². The zero-order chi connectivity index (χ0) is 12.5. The van der Waals surface area contributed by atoms with Crippen molar-refractivity contribution < 1.29 is 0 Å². The molecule has 4 aliphatic rings. The Kier molecular flexibility index (Phi) is 2.24. The van der Waals surface area contributed by atoms with Crippen molar-refractivity contribution in [3.63, 3.8) is 0 Å². The van der Waals surface area contributed by atoms with E-state index in [0.29, 0.717) is 0 Å². The highest BCUT2D eigenvalue weighted by Gasteiger charge is 2.63. The molecule has 4 fully saturated rings. The van der Waals surface area contributed by atoms with Gasteiger partial charge in [-0.25, -0.2) is 0 Å². The molecule has 0 saturated heterocycles. The van der Waals surface area contributed by atoms with Crippen molar-refractivity contribution in [1.82, 2.24) is 0 Å². The highest BCUT2D eigenvalue weighted by Crippen LogP contribution is 2.72. The standard InChI is InChI=1S/C17H24/c1-8(2)13-11-7-12-14(9(3)4)17(11)15(10(5)6)16(12)13/h11-12,16-17H,7H2,1-6H3/t11-,12-,16+,17+/m0/s1. The van der Waals surface area contributed by atoms with E-state index in [1.165, 1.54) is 6.42 Å². The van der Waals surface area contributed by atoms with E-state index in [0.717, 1.165) is 23.7 Å². The summed E-state index contributed by atoms with van der Waals surface area (Å²) in [6.45, 7) is 13.9. The molecule has 92 valence electrons. The fourth-order valence-corrected chi connectivity index (χ4v) is 5.00. The van der Waals surface area contributed by atoms with Gasteiger partial charge >= 0.3 is 0 Å². The van der Waals surface area contributed by atoms with Crippen LogP contribution in [0.2, 0.25) is 0 Å². The third-order valence-corrected chi connectivity index (χ3v) is 5.18. The van der Waals surface area contributed by atoms with Gasteiger partial charge in [0.25, 0.3) is 0 Å². The number of allylic oxidation sites excluding steroid dienone is 6. The second-order valence-electron chi connectivity index (χ2n) is 6.77. The summed E-state index contributed by atoms with van der Waals surface area (Å²) in [5, 5.41) is 0. The molecule has 4 saturated carbocycles. The molecule has 0 heteroatoms. The third kappa shape index (κ3) is 1.19. The average Bonchev–Trinajstić information content (AvgIpc) is 2.84. The lowest BCUT2D eigenvalue weighted by molar-refractivity contribution is 0.541. The van der Waals surface area contributed by atoms with Gasteiger partial charge in [0.15, 0.2) is 0 Å². The lowest BCUT2D eigenvalue weighted by atomic mass is 9.86. The molecule has 0 amide bonds. The summed E-state index contributed by atoms with van der Waals surface area (Å²) in [7, 11) is 0. The largest absolute Gasteiger partial charge is 0.0763 e. The van der Waals surface area contributed by atoms with Crippen molar-refractivity contribution in [1.29, 1.82) is 0 Å². The van der Waals surface area contributed by atoms with Crippen LogP contribution in [0.3, 0.4) is 0 Å². The second kappa shape index (κ2) is 3.37. The van der Waals surface area contributed by atoms with Crippen LogP contribution < -0.4 is 0 Å². The monoisotopic (exact) mass is 228 g/mol. The van der Waals surface area contributed by atoms with Gasteiger partial charge in [-0.2, -0.15) is 0 Å². The molecule has 0 aromatic heterocycles. The van der Waals surface area contributed by atoms with Crippen LogP contribution in [-0.2, 0) is 0 Å². The summed E-state index contributed by atoms with van der Waals surface area (Å²) >= 11 is 0. The van der Waals surface area contributed by atoms with Gasteiger partial charge in [-0.05, 0) is 59.8 Å². The smallest absolute Gasteiger partial charge is 0.00873 e. The molecule has 0 unspecified atom stereocenters. The molecule has 0 nitrogen and oxygen atoms in total. The van der Waals surface area contributed by atoms with Gasteiger partial charge in [-0.15, -0.1) is 0 Å².